The van der Waals surface area contributed by atoms with Gasteiger partial charge in [-0.2, -0.15) is 0 Å². The molecule has 6 nitrogen and oxygen atoms in total. The van der Waals surface area contributed by atoms with Crippen molar-refractivity contribution in [2.75, 3.05) is 12.4 Å². The second kappa shape index (κ2) is 7.67. The summed E-state index contributed by atoms with van der Waals surface area (Å²) in [5.74, 6) is -0.476. The van der Waals surface area contributed by atoms with Crippen LogP contribution < -0.4 is 10.6 Å². The van der Waals surface area contributed by atoms with Gasteiger partial charge in [0.25, 0.3) is 5.91 Å². The van der Waals surface area contributed by atoms with Crippen molar-refractivity contribution < 1.29 is 9.59 Å². The lowest BCUT2D eigenvalue weighted by molar-refractivity contribution is -0.115. The SMILES string of the molecule is CNC(=O)c1ccccc1NC(=O)Cc1csc(-c2ccccn2)n1. The average Bonchev–Trinajstić information content (AvgIpc) is 3.10. The van der Waals surface area contributed by atoms with Crippen molar-refractivity contribution in [2.24, 2.45) is 0 Å². The highest BCUT2D eigenvalue weighted by molar-refractivity contribution is 7.13. The van der Waals surface area contributed by atoms with Gasteiger partial charge in [-0.3, -0.25) is 14.6 Å². The van der Waals surface area contributed by atoms with Crippen LogP contribution in [0.4, 0.5) is 5.69 Å². The molecule has 0 aliphatic rings. The normalized spacial score (nSPS) is 10.3. The summed E-state index contributed by atoms with van der Waals surface area (Å²) in [5, 5.41) is 7.94. The molecule has 0 saturated heterocycles. The zero-order valence-corrected chi connectivity index (χ0v) is 14.3. The third-order valence-corrected chi connectivity index (χ3v) is 4.36. The molecule has 126 valence electrons. The first kappa shape index (κ1) is 16.8. The molecule has 0 aliphatic carbocycles. The van der Waals surface area contributed by atoms with Crippen LogP contribution in [0, 0.1) is 0 Å². The van der Waals surface area contributed by atoms with Crippen LogP contribution >= 0.6 is 11.3 Å². The van der Waals surface area contributed by atoms with Crippen LogP contribution in [0.25, 0.3) is 10.7 Å². The number of anilines is 1. The molecule has 0 fully saturated rings. The number of para-hydroxylation sites is 1. The van der Waals surface area contributed by atoms with Gasteiger partial charge in [-0.25, -0.2) is 4.98 Å². The van der Waals surface area contributed by atoms with Crippen molar-refractivity contribution in [3.8, 4) is 10.7 Å². The fourth-order valence-corrected chi connectivity index (χ4v) is 3.07. The van der Waals surface area contributed by atoms with Crippen molar-refractivity contribution in [1.29, 1.82) is 0 Å². The van der Waals surface area contributed by atoms with E-state index in [1.807, 2.05) is 23.6 Å². The first-order chi connectivity index (χ1) is 12.2. The first-order valence-electron chi connectivity index (χ1n) is 7.64. The van der Waals surface area contributed by atoms with E-state index in [4.69, 9.17) is 0 Å². The largest absolute Gasteiger partial charge is 0.355 e. The van der Waals surface area contributed by atoms with Gasteiger partial charge in [-0.1, -0.05) is 18.2 Å². The summed E-state index contributed by atoms with van der Waals surface area (Å²) in [6.07, 6.45) is 1.84. The Bertz CT molecular complexity index is 893. The molecule has 0 bridgehead atoms. The van der Waals surface area contributed by atoms with Crippen LogP contribution in [0.2, 0.25) is 0 Å². The summed E-state index contributed by atoms with van der Waals surface area (Å²) in [4.78, 5) is 32.9. The molecule has 0 radical (unpaired) electrons. The number of pyridine rings is 1. The molecule has 0 saturated carbocycles. The molecule has 2 heterocycles. The fourth-order valence-electron chi connectivity index (χ4n) is 2.28. The molecule has 0 unspecified atom stereocenters. The average molecular weight is 352 g/mol. The monoisotopic (exact) mass is 352 g/mol. The summed E-state index contributed by atoms with van der Waals surface area (Å²) >= 11 is 1.44. The van der Waals surface area contributed by atoms with Crippen LogP contribution in [0.15, 0.2) is 54.0 Å². The Morgan fingerprint density at radius 2 is 1.92 bits per heavy atom. The molecule has 25 heavy (non-hydrogen) atoms. The smallest absolute Gasteiger partial charge is 0.253 e. The zero-order chi connectivity index (χ0) is 17.6. The van der Waals surface area contributed by atoms with Crippen molar-refractivity contribution in [3.05, 3.63) is 65.3 Å². The number of nitrogens with one attached hydrogen (secondary N) is 2. The molecule has 0 spiro atoms. The minimum Gasteiger partial charge on any atom is -0.355 e. The lowest BCUT2D eigenvalue weighted by Gasteiger charge is -2.09. The van der Waals surface area contributed by atoms with E-state index < -0.39 is 0 Å². The van der Waals surface area contributed by atoms with Gasteiger partial charge in [0.05, 0.1) is 29.1 Å². The Hall–Kier alpha value is -3.06. The van der Waals surface area contributed by atoms with Gasteiger partial charge < -0.3 is 10.6 Å². The highest BCUT2D eigenvalue weighted by Gasteiger charge is 2.14. The number of hydrogen-bond acceptors (Lipinski definition) is 5. The van der Waals surface area contributed by atoms with Crippen LogP contribution in [-0.2, 0) is 11.2 Å². The number of hydrogen-bond donors (Lipinski definition) is 2. The molecule has 2 aromatic heterocycles. The number of rotatable bonds is 5. The van der Waals surface area contributed by atoms with E-state index in [9.17, 15) is 9.59 Å². The second-order valence-corrected chi connectivity index (χ2v) is 6.07. The molecule has 3 rings (SSSR count). The third kappa shape index (κ3) is 4.07. The highest BCUT2D eigenvalue weighted by atomic mass is 32.1. The molecule has 2 amide bonds. The van der Waals surface area contributed by atoms with Crippen LogP contribution in [0.3, 0.4) is 0 Å². The molecular weight excluding hydrogens is 336 g/mol. The van der Waals surface area contributed by atoms with Crippen LogP contribution in [0.1, 0.15) is 16.1 Å². The highest BCUT2D eigenvalue weighted by Crippen LogP contribution is 2.22. The molecule has 1 aromatic carbocycles. The quantitative estimate of drug-likeness (QED) is 0.739. The van der Waals surface area contributed by atoms with Gasteiger partial charge in [0.15, 0.2) is 0 Å². The van der Waals surface area contributed by atoms with E-state index in [0.29, 0.717) is 16.9 Å². The van der Waals surface area contributed by atoms with Gasteiger partial charge in [0, 0.05) is 18.6 Å². The van der Waals surface area contributed by atoms with E-state index in [-0.39, 0.29) is 18.2 Å². The van der Waals surface area contributed by atoms with E-state index in [0.717, 1.165) is 10.7 Å². The summed E-state index contributed by atoms with van der Waals surface area (Å²) in [6.45, 7) is 0. The van der Waals surface area contributed by atoms with Crippen molar-refractivity contribution in [1.82, 2.24) is 15.3 Å². The van der Waals surface area contributed by atoms with Crippen molar-refractivity contribution in [2.45, 2.75) is 6.42 Å². The topological polar surface area (TPSA) is 84.0 Å². The summed E-state index contributed by atoms with van der Waals surface area (Å²) in [5.41, 5.74) is 2.35. The number of aromatic nitrogens is 2. The molecule has 3 aromatic rings. The Labute approximate surface area is 149 Å². The van der Waals surface area contributed by atoms with Gasteiger partial charge in [-0.05, 0) is 24.3 Å². The zero-order valence-electron chi connectivity index (χ0n) is 13.5. The first-order valence-corrected chi connectivity index (χ1v) is 8.52. The minimum absolute atomic E-state index is 0.130. The van der Waals surface area contributed by atoms with E-state index in [1.165, 1.54) is 11.3 Å². The predicted molar refractivity (Wildman–Crippen MR) is 97.5 cm³/mol. The number of carbonyl (C=O) groups excluding carboxylic acids is 2. The number of carbonyl (C=O) groups is 2. The minimum atomic E-state index is -0.248. The number of benzene rings is 1. The second-order valence-electron chi connectivity index (χ2n) is 5.21. The van der Waals surface area contributed by atoms with Gasteiger partial charge in [0.1, 0.15) is 5.01 Å². The Kier molecular flexibility index (Phi) is 5.15. The Morgan fingerprint density at radius 1 is 1.12 bits per heavy atom. The molecule has 7 heteroatoms. The number of nitrogens with zero attached hydrogens (tertiary/aromatic N) is 2. The molecule has 2 N–H and O–H groups in total. The summed E-state index contributed by atoms with van der Waals surface area (Å²) in [6, 6.07) is 12.5. The molecular formula is C18H16N4O2S. The van der Waals surface area contributed by atoms with Crippen LogP contribution in [-0.4, -0.2) is 28.8 Å². The van der Waals surface area contributed by atoms with Gasteiger partial charge in [-0.15, -0.1) is 11.3 Å². The van der Waals surface area contributed by atoms with E-state index >= 15 is 0 Å². The lowest BCUT2D eigenvalue weighted by Crippen LogP contribution is -2.22. The van der Waals surface area contributed by atoms with Crippen molar-refractivity contribution >= 4 is 28.8 Å². The maximum Gasteiger partial charge on any atom is 0.253 e. The van der Waals surface area contributed by atoms with Crippen molar-refractivity contribution in [3.63, 3.8) is 0 Å². The lowest BCUT2D eigenvalue weighted by atomic mass is 10.1. The number of amides is 2. The van der Waals surface area contributed by atoms with E-state index in [1.54, 1.807) is 37.5 Å². The van der Waals surface area contributed by atoms with Gasteiger partial charge in [0.2, 0.25) is 5.91 Å². The summed E-state index contributed by atoms with van der Waals surface area (Å²) in [7, 11) is 1.55. The fraction of sp³-hybridized carbons (Fsp3) is 0.111. The third-order valence-electron chi connectivity index (χ3n) is 3.45. The van der Waals surface area contributed by atoms with Gasteiger partial charge >= 0.3 is 0 Å². The van der Waals surface area contributed by atoms with Crippen LogP contribution in [0.5, 0.6) is 0 Å². The van der Waals surface area contributed by atoms with E-state index in [2.05, 4.69) is 20.6 Å². The predicted octanol–water partition coefficient (Wildman–Crippen LogP) is 2.75. The standard InChI is InChI=1S/C18H16N4O2S/c1-19-17(24)13-6-2-3-7-14(13)22-16(23)10-12-11-25-18(21-12)15-8-4-5-9-20-15/h2-9,11H,10H2,1H3,(H,19,24)(H,22,23). The molecule has 0 aliphatic heterocycles. The maximum absolute atomic E-state index is 12.3. The Morgan fingerprint density at radius 3 is 2.68 bits per heavy atom. The Balaban J connectivity index is 1.70. The summed E-state index contributed by atoms with van der Waals surface area (Å²) < 4.78 is 0. The maximum atomic E-state index is 12.3. The molecule has 0 atom stereocenters. The number of thiazole rings is 1.